The summed E-state index contributed by atoms with van der Waals surface area (Å²) >= 11 is 3.24. The van der Waals surface area contributed by atoms with Gasteiger partial charge in [-0.3, -0.25) is 9.52 Å². The maximum absolute atomic E-state index is 12.3. The maximum atomic E-state index is 12.3. The number of carbonyl (C=O) groups is 1. The summed E-state index contributed by atoms with van der Waals surface area (Å²) in [6, 6.07) is 2.87. The summed E-state index contributed by atoms with van der Waals surface area (Å²) < 4.78 is 28.9. The summed E-state index contributed by atoms with van der Waals surface area (Å²) in [5.41, 5.74) is 6.41. The number of amides is 1. The molecule has 0 saturated carbocycles. The van der Waals surface area contributed by atoms with Crippen LogP contribution in [0.25, 0.3) is 0 Å². The smallest absolute Gasteiger partial charge is 0.265 e. The molecular weight excluding hydrogens is 360 g/mol. The van der Waals surface area contributed by atoms with Gasteiger partial charge in [0.15, 0.2) is 0 Å². The van der Waals surface area contributed by atoms with Gasteiger partial charge in [-0.2, -0.15) is 0 Å². The van der Waals surface area contributed by atoms with Gasteiger partial charge in [-0.25, -0.2) is 13.4 Å². The van der Waals surface area contributed by atoms with Crippen molar-refractivity contribution in [3.8, 4) is 0 Å². The molecule has 2 aromatic rings. The van der Waals surface area contributed by atoms with Crippen molar-refractivity contribution in [2.75, 3.05) is 4.72 Å². The lowest BCUT2D eigenvalue weighted by atomic mass is 10.3. The summed E-state index contributed by atoms with van der Waals surface area (Å²) in [6.07, 6.45) is 2.72. The monoisotopic (exact) mass is 372 g/mol. The average molecular weight is 373 g/mol. The highest BCUT2D eigenvalue weighted by Crippen LogP contribution is 2.21. The van der Waals surface area contributed by atoms with Crippen LogP contribution in [-0.4, -0.2) is 23.9 Å². The average Bonchev–Trinajstić information content (AvgIpc) is 2.77. The first-order valence-corrected chi connectivity index (χ1v) is 8.09. The predicted molar refractivity (Wildman–Crippen MR) is 81.4 cm³/mol. The molecule has 0 atom stereocenters. The number of halogens is 1. The SMILES string of the molecule is Cc1cc(NS(=O)(=O)c2cc(C(N)=O)n(C)c2)cnc1Br. The first-order chi connectivity index (χ1) is 9.70. The summed E-state index contributed by atoms with van der Waals surface area (Å²) in [4.78, 5) is 15.1. The van der Waals surface area contributed by atoms with Crippen molar-refractivity contribution in [2.45, 2.75) is 11.8 Å². The molecule has 7 nitrogen and oxygen atoms in total. The van der Waals surface area contributed by atoms with E-state index in [2.05, 4.69) is 25.6 Å². The third-order valence-electron chi connectivity index (χ3n) is 2.81. The molecule has 0 saturated heterocycles. The van der Waals surface area contributed by atoms with E-state index in [-0.39, 0.29) is 10.6 Å². The van der Waals surface area contributed by atoms with Crippen LogP contribution >= 0.6 is 15.9 Å². The molecule has 9 heteroatoms. The standard InChI is InChI=1S/C12H13BrN4O3S/c1-7-3-8(5-15-11(7)13)16-21(19,20)9-4-10(12(14)18)17(2)6-9/h3-6,16H,1-2H3,(H2,14,18). The molecule has 0 aromatic carbocycles. The van der Waals surface area contributed by atoms with Gasteiger partial charge in [0.2, 0.25) is 0 Å². The second-order valence-corrected chi connectivity index (χ2v) is 6.91. The van der Waals surface area contributed by atoms with Crippen molar-refractivity contribution in [3.05, 3.63) is 40.4 Å². The molecule has 0 spiro atoms. The Morgan fingerprint density at radius 2 is 2.10 bits per heavy atom. The van der Waals surface area contributed by atoms with E-state index >= 15 is 0 Å². The lowest BCUT2D eigenvalue weighted by molar-refractivity contribution is 0.0992. The first kappa shape index (κ1) is 15.5. The number of nitrogens with one attached hydrogen (secondary N) is 1. The third kappa shape index (κ3) is 3.24. The van der Waals surface area contributed by atoms with Gasteiger partial charge < -0.3 is 10.3 Å². The van der Waals surface area contributed by atoms with Gasteiger partial charge in [0.25, 0.3) is 15.9 Å². The number of aryl methyl sites for hydroxylation is 2. The van der Waals surface area contributed by atoms with Crippen molar-refractivity contribution in [2.24, 2.45) is 12.8 Å². The van der Waals surface area contributed by atoms with Crippen molar-refractivity contribution in [3.63, 3.8) is 0 Å². The summed E-state index contributed by atoms with van der Waals surface area (Å²) in [5.74, 6) is -0.694. The fraction of sp³-hybridized carbons (Fsp3) is 0.167. The second-order valence-electron chi connectivity index (χ2n) is 4.47. The summed E-state index contributed by atoms with van der Waals surface area (Å²) in [7, 11) is -2.27. The summed E-state index contributed by atoms with van der Waals surface area (Å²) in [5, 5.41) is 0. The predicted octanol–water partition coefficient (Wildman–Crippen LogP) is 1.39. The van der Waals surface area contributed by atoms with E-state index in [9.17, 15) is 13.2 Å². The van der Waals surface area contributed by atoms with Crippen LogP contribution in [0.15, 0.2) is 34.0 Å². The Morgan fingerprint density at radius 3 is 2.62 bits per heavy atom. The van der Waals surface area contributed by atoms with E-state index in [1.165, 1.54) is 23.0 Å². The minimum atomic E-state index is -3.81. The topological polar surface area (TPSA) is 107 Å². The second kappa shape index (κ2) is 5.49. The minimum absolute atomic E-state index is 0.0422. The number of anilines is 1. The van der Waals surface area contributed by atoms with E-state index in [4.69, 9.17) is 5.73 Å². The Hall–Kier alpha value is -1.87. The largest absolute Gasteiger partial charge is 0.364 e. The number of pyridine rings is 1. The van der Waals surface area contributed by atoms with Gasteiger partial charge in [-0.05, 0) is 40.5 Å². The molecule has 0 aliphatic heterocycles. The fourth-order valence-electron chi connectivity index (χ4n) is 1.75. The number of rotatable bonds is 4. The van der Waals surface area contributed by atoms with E-state index in [1.54, 1.807) is 20.0 Å². The number of nitrogens with zero attached hydrogens (tertiary/aromatic N) is 2. The molecular formula is C12H13BrN4O3S. The zero-order valence-corrected chi connectivity index (χ0v) is 13.7. The van der Waals surface area contributed by atoms with Crippen molar-refractivity contribution in [1.29, 1.82) is 0 Å². The normalized spacial score (nSPS) is 11.4. The molecule has 0 radical (unpaired) electrons. The van der Waals surface area contributed by atoms with E-state index < -0.39 is 15.9 Å². The molecule has 1 amide bonds. The fourth-order valence-corrected chi connectivity index (χ4v) is 3.07. The number of primary amides is 1. The molecule has 0 aliphatic carbocycles. The van der Waals surface area contributed by atoms with Crippen LogP contribution in [0.3, 0.4) is 0 Å². The molecule has 21 heavy (non-hydrogen) atoms. The maximum Gasteiger partial charge on any atom is 0.265 e. The number of aromatic nitrogens is 2. The first-order valence-electron chi connectivity index (χ1n) is 5.82. The molecule has 0 aliphatic rings. The van der Waals surface area contributed by atoms with Crippen LogP contribution in [0.5, 0.6) is 0 Å². The van der Waals surface area contributed by atoms with Gasteiger partial charge in [-0.1, -0.05) is 0 Å². The molecule has 2 rings (SSSR count). The Balaban J connectivity index is 2.36. The van der Waals surface area contributed by atoms with Crippen LogP contribution < -0.4 is 10.5 Å². The van der Waals surface area contributed by atoms with E-state index in [0.29, 0.717) is 10.3 Å². The number of hydrogen-bond acceptors (Lipinski definition) is 4. The zero-order chi connectivity index (χ0) is 15.8. The zero-order valence-electron chi connectivity index (χ0n) is 11.3. The molecule has 2 heterocycles. The molecule has 0 bridgehead atoms. The van der Waals surface area contributed by atoms with Crippen molar-refractivity contribution >= 4 is 37.5 Å². The van der Waals surface area contributed by atoms with Crippen LogP contribution in [0.1, 0.15) is 16.1 Å². The molecule has 0 fully saturated rings. The number of carbonyl (C=O) groups excluding carboxylic acids is 1. The van der Waals surface area contributed by atoms with Gasteiger partial charge in [0.05, 0.1) is 11.9 Å². The quantitative estimate of drug-likeness (QED) is 0.790. The minimum Gasteiger partial charge on any atom is -0.364 e. The van der Waals surface area contributed by atoms with Crippen LogP contribution in [0.4, 0.5) is 5.69 Å². The van der Waals surface area contributed by atoms with Crippen molar-refractivity contribution < 1.29 is 13.2 Å². The number of nitrogens with two attached hydrogens (primary N) is 1. The van der Waals surface area contributed by atoms with Crippen LogP contribution in [0.2, 0.25) is 0 Å². The van der Waals surface area contributed by atoms with Crippen molar-refractivity contribution in [1.82, 2.24) is 9.55 Å². The Labute approximate surface area is 130 Å². The highest BCUT2D eigenvalue weighted by Gasteiger charge is 2.20. The Morgan fingerprint density at radius 1 is 1.43 bits per heavy atom. The molecule has 3 N–H and O–H groups in total. The van der Waals surface area contributed by atoms with E-state index in [0.717, 1.165) is 5.56 Å². The lowest BCUT2D eigenvalue weighted by Crippen LogP contribution is -2.14. The molecule has 0 unspecified atom stereocenters. The Kier molecular flexibility index (Phi) is 4.06. The van der Waals surface area contributed by atoms with Gasteiger partial charge in [0, 0.05) is 13.2 Å². The van der Waals surface area contributed by atoms with Gasteiger partial charge in [0.1, 0.15) is 15.2 Å². The molecule has 2 aromatic heterocycles. The highest BCUT2D eigenvalue weighted by atomic mass is 79.9. The summed E-state index contributed by atoms with van der Waals surface area (Å²) in [6.45, 7) is 1.79. The number of hydrogen-bond donors (Lipinski definition) is 2. The highest BCUT2D eigenvalue weighted by molar-refractivity contribution is 9.10. The molecule has 112 valence electrons. The van der Waals surface area contributed by atoms with Crippen LogP contribution in [0, 0.1) is 6.92 Å². The van der Waals surface area contributed by atoms with Gasteiger partial charge >= 0.3 is 0 Å². The van der Waals surface area contributed by atoms with Gasteiger partial charge in [-0.15, -0.1) is 0 Å². The Bertz CT molecular complexity index is 814. The van der Waals surface area contributed by atoms with E-state index in [1.807, 2.05) is 0 Å². The van der Waals surface area contributed by atoms with Crippen LogP contribution in [-0.2, 0) is 17.1 Å². The lowest BCUT2D eigenvalue weighted by Gasteiger charge is -2.07. The third-order valence-corrected chi connectivity index (χ3v) is 4.99. The number of sulfonamides is 1.